The molecule has 0 saturated heterocycles. The van der Waals surface area contributed by atoms with Gasteiger partial charge in [0, 0.05) is 20.1 Å². The lowest BCUT2D eigenvalue weighted by Crippen LogP contribution is -1.89. The molecule has 1 aliphatic carbocycles. The number of allylic oxidation sites excluding steroid dienone is 2. The molecule has 0 aromatic heterocycles. The van der Waals surface area contributed by atoms with Crippen LogP contribution in [0.15, 0.2) is 11.6 Å². The topological polar surface area (TPSA) is 9.23 Å². The number of unbranched alkanes of at least 4 members (excludes halogenated alkanes) is 1. The van der Waals surface area contributed by atoms with Gasteiger partial charge in [-0.1, -0.05) is 17.9 Å². The second-order valence-electron chi connectivity index (χ2n) is 3.37. The number of rotatable bonds is 3. The van der Waals surface area contributed by atoms with E-state index in [9.17, 15) is 0 Å². The highest BCUT2D eigenvalue weighted by Gasteiger charge is 1.98. The van der Waals surface area contributed by atoms with Gasteiger partial charge in [0.2, 0.25) is 0 Å². The molecule has 72 valence electrons. The highest BCUT2D eigenvalue weighted by Crippen LogP contribution is 2.16. The first-order valence-electron chi connectivity index (χ1n) is 5.10. The molecule has 1 aliphatic rings. The molecule has 1 rings (SSSR count). The molecule has 0 bridgehead atoms. The summed E-state index contributed by atoms with van der Waals surface area (Å²) in [5.74, 6) is 6.43. The summed E-state index contributed by atoms with van der Waals surface area (Å²) in [6.45, 7) is 0.827. The van der Waals surface area contributed by atoms with Crippen molar-refractivity contribution in [2.75, 3.05) is 13.7 Å². The average molecular weight is 178 g/mol. The van der Waals surface area contributed by atoms with E-state index >= 15 is 0 Å². The van der Waals surface area contributed by atoms with Crippen LogP contribution in [0.1, 0.15) is 38.5 Å². The van der Waals surface area contributed by atoms with E-state index in [-0.39, 0.29) is 0 Å². The minimum Gasteiger partial charge on any atom is -0.385 e. The monoisotopic (exact) mass is 178 g/mol. The lowest BCUT2D eigenvalue weighted by Gasteiger charge is -2.05. The fourth-order valence-electron chi connectivity index (χ4n) is 1.43. The summed E-state index contributed by atoms with van der Waals surface area (Å²) >= 11 is 0. The van der Waals surface area contributed by atoms with Crippen LogP contribution in [-0.4, -0.2) is 13.7 Å². The van der Waals surface area contributed by atoms with Gasteiger partial charge in [0.1, 0.15) is 0 Å². The summed E-state index contributed by atoms with van der Waals surface area (Å²) in [4.78, 5) is 0. The molecule has 1 nitrogen and oxygen atoms in total. The van der Waals surface area contributed by atoms with Gasteiger partial charge in [-0.3, -0.25) is 0 Å². The Bertz CT molecular complexity index is 217. The SMILES string of the molecule is COCCCC#CC1=CCCCC1. The predicted octanol–water partition coefficient (Wildman–Crippen LogP) is 2.92. The second-order valence-corrected chi connectivity index (χ2v) is 3.37. The van der Waals surface area contributed by atoms with E-state index in [1.807, 2.05) is 0 Å². The van der Waals surface area contributed by atoms with Crippen molar-refractivity contribution in [1.29, 1.82) is 0 Å². The van der Waals surface area contributed by atoms with Crippen molar-refractivity contribution < 1.29 is 4.74 Å². The predicted molar refractivity (Wildman–Crippen MR) is 55.4 cm³/mol. The highest BCUT2D eigenvalue weighted by atomic mass is 16.5. The van der Waals surface area contributed by atoms with Crippen molar-refractivity contribution >= 4 is 0 Å². The van der Waals surface area contributed by atoms with Crippen LogP contribution in [0.3, 0.4) is 0 Å². The molecular weight excluding hydrogens is 160 g/mol. The number of ether oxygens (including phenoxy) is 1. The van der Waals surface area contributed by atoms with Gasteiger partial charge >= 0.3 is 0 Å². The van der Waals surface area contributed by atoms with E-state index in [1.54, 1.807) is 7.11 Å². The van der Waals surface area contributed by atoms with E-state index in [2.05, 4.69) is 17.9 Å². The highest BCUT2D eigenvalue weighted by molar-refractivity contribution is 5.29. The van der Waals surface area contributed by atoms with Crippen LogP contribution in [0.2, 0.25) is 0 Å². The minimum atomic E-state index is 0.827. The summed E-state index contributed by atoms with van der Waals surface area (Å²) in [6.07, 6.45) is 9.38. The number of hydrogen-bond acceptors (Lipinski definition) is 1. The molecule has 13 heavy (non-hydrogen) atoms. The van der Waals surface area contributed by atoms with E-state index in [4.69, 9.17) is 4.74 Å². The summed E-state index contributed by atoms with van der Waals surface area (Å²) in [5, 5.41) is 0. The van der Waals surface area contributed by atoms with Gasteiger partial charge in [0.25, 0.3) is 0 Å². The third-order valence-electron chi connectivity index (χ3n) is 2.19. The fraction of sp³-hybridized carbons (Fsp3) is 0.667. The van der Waals surface area contributed by atoms with Crippen molar-refractivity contribution in [2.45, 2.75) is 38.5 Å². The molecule has 0 aliphatic heterocycles. The van der Waals surface area contributed by atoms with E-state index < -0.39 is 0 Å². The maximum atomic E-state index is 4.95. The maximum absolute atomic E-state index is 4.95. The zero-order valence-electron chi connectivity index (χ0n) is 8.44. The summed E-state index contributed by atoms with van der Waals surface area (Å²) in [5.41, 5.74) is 1.35. The zero-order chi connectivity index (χ0) is 9.36. The first-order chi connectivity index (χ1) is 6.43. The first-order valence-corrected chi connectivity index (χ1v) is 5.10. The van der Waals surface area contributed by atoms with Gasteiger partial charge in [-0.25, -0.2) is 0 Å². The molecule has 0 aromatic carbocycles. The normalized spacial score (nSPS) is 15.9. The van der Waals surface area contributed by atoms with Crippen molar-refractivity contribution in [3.63, 3.8) is 0 Å². The van der Waals surface area contributed by atoms with Gasteiger partial charge in [-0.05, 0) is 37.7 Å². The molecule has 0 heterocycles. The van der Waals surface area contributed by atoms with E-state index in [0.717, 1.165) is 19.4 Å². The first kappa shape index (κ1) is 10.3. The van der Waals surface area contributed by atoms with Gasteiger partial charge in [0.05, 0.1) is 0 Å². The summed E-state index contributed by atoms with van der Waals surface area (Å²) in [7, 11) is 1.73. The fourth-order valence-corrected chi connectivity index (χ4v) is 1.43. The van der Waals surface area contributed by atoms with Gasteiger partial charge in [-0.2, -0.15) is 0 Å². The lowest BCUT2D eigenvalue weighted by molar-refractivity contribution is 0.196. The Morgan fingerprint density at radius 1 is 1.46 bits per heavy atom. The van der Waals surface area contributed by atoms with Crippen LogP contribution in [0.5, 0.6) is 0 Å². The molecular formula is C12H18O. The van der Waals surface area contributed by atoms with Crippen molar-refractivity contribution in [1.82, 2.24) is 0 Å². The second kappa shape index (κ2) is 6.74. The molecule has 0 N–H and O–H groups in total. The standard InChI is InChI=1S/C12H18O/c1-13-11-7-3-6-10-12-8-4-2-5-9-12/h8H,2-5,7,9,11H2,1H3. The molecule has 0 aromatic rings. The average Bonchev–Trinajstić information content (AvgIpc) is 2.19. The quantitative estimate of drug-likeness (QED) is 0.477. The summed E-state index contributed by atoms with van der Waals surface area (Å²) < 4.78 is 4.95. The molecule has 1 heteroatoms. The Hall–Kier alpha value is -0.740. The van der Waals surface area contributed by atoms with E-state index in [0.29, 0.717) is 0 Å². The molecule has 0 amide bonds. The van der Waals surface area contributed by atoms with Crippen LogP contribution in [0.4, 0.5) is 0 Å². The molecule has 0 saturated carbocycles. The van der Waals surface area contributed by atoms with Crippen LogP contribution < -0.4 is 0 Å². The van der Waals surface area contributed by atoms with E-state index in [1.165, 1.54) is 31.3 Å². The Kier molecular flexibility index (Phi) is 5.36. The lowest BCUT2D eigenvalue weighted by atomic mass is 10.00. The maximum Gasteiger partial charge on any atom is 0.0471 e. The van der Waals surface area contributed by atoms with Crippen molar-refractivity contribution in [3.8, 4) is 11.8 Å². The third-order valence-corrected chi connectivity index (χ3v) is 2.19. The third kappa shape index (κ3) is 4.75. The largest absolute Gasteiger partial charge is 0.385 e. The number of hydrogen-bond donors (Lipinski definition) is 0. The molecule has 0 unspecified atom stereocenters. The Balaban J connectivity index is 2.17. The van der Waals surface area contributed by atoms with Crippen molar-refractivity contribution in [3.05, 3.63) is 11.6 Å². The molecule has 0 radical (unpaired) electrons. The number of methoxy groups -OCH3 is 1. The van der Waals surface area contributed by atoms with Crippen LogP contribution in [0, 0.1) is 11.8 Å². The Labute approximate surface area is 81.2 Å². The molecule has 0 fully saturated rings. The van der Waals surface area contributed by atoms with Crippen LogP contribution in [-0.2, 0) is 4.74 Å². The van der Waals surface area contributed by atoms with Gasteiger partial charge < -0.3 is 4.74 Å². The summed E-state index contributed by atoms with van der Waals surface area (Å²) in [6, 6.07) is 0. The molecule has 0 atom stereocenters. The van der Waals surface area contributed by atoms with Crippen LogP contribution >= 0.6 is 0 Å². The van der Waals surface area contributed by atoms with Gasteiger partial charge in [-0.15, -0.1) is 0 Å². The zero-order valence-corrected chi connectivity index (χ0v) is 8.44. The Morgan fingerprint density at radius 2 is 2.38 bits per heavy atom. The van der Waals surface area contributed by atoms with Crippen molar-refractivity contribution in [2.24, 2.45) is 0 Å². The smallest absolute Gasteiger partial charge is 0.0471 e. The van der Waals surface area contributed by atoms with Crippen LogP contribution in [0.25, 0.3) is 0 Å². The van der Waals surface area contributed by atoms with Gasteiger partial charge in [0.15, 0.2) is 0 Å². The minimum absolute atomic E-state index is 0.827. The Morgan fingerprint density at radius 3 is 3.08 bits per heavy atom. The molecule has 0 spiro atoms.